The predicted octanol–water partition coefficient (Wildman–Crippen LogP) is 3.07. The molecular weight excluding hydrogens is 330 g/mol. The van der Waals surface area contributed by atoms with Crippen molar-refractivity contribution in [2.75, 3.05) is 27.3 Å². The summed E-state index contributed by atoms with van der Waals surface area (Å²) in [6, 6.07) is 15.5. The van der Waals surface area contributed by atoms with E-state index in [1.165, 1.54) is 0 Å². The monoisotopic (exact) mass is 355 g/mol. The van der Waals surface area contributed by atoms with Crippen LogP contribution in [-0.4, -0.2) is 33.3 Å². The Labute approximate surface area is 154 Å². The van der Waals surface area contributed by atoms with E-state index in [0.29, 0.717) is 11.5 Å². The van der Waals surface area contributed by atoms with Crippen LogP contribution < -0.4 is 14.8 Å². The summed E-state index contributed by atoms with van der Waals surface area (Å²) < 4.78 is 16.6. The van der Waals surface area contributed by atoms with Crippen molar-refractivity contribution in [2.45, 2.75) is 24.9 Å². The van der Waals surface area contributed by atoms with Crippen molar-refractivity contribution >= 4 is 5.97 Å². The molecule has 0 saturated carbocycles. The Morgan fingerprint density at radius 3 is 2.19 bits per heavy atom. The van der Waals surface area contributed by atoms with Gasteiger partial charge in [-0.3, -0.25) is 4.79 Å². The summed E-state index contributed by atoms with van der Waals surface area (Å²) in [5.74, 6) is 1.07. The molecule has 1 aliphatic heterocycles. The van der Waals surface area contributed by atoms with Crippen LogP contribution in [0.25, 0.3) is 0 Å². The Balaban J connectivity index is 1.79. The van der Waals surface area contributed by atoms with Gasteiger partial charge in [-0.15, -0.1) is 0 Å². The van der Waals surface area contributed by atoms with E-state index >= 15 is 0 Å². The number of methoxy groups -OCH3 is 2. The number of ether oxygens (including phenoxy) is 3. The van der Waals surface area contributed by atoms with Crippen molar-refractivity contribution < 1.29 is 19.0 Å². The second kappa shape index (κ2) is 8.23. The van der Waals surface area contributed by atoms with Gasteiger partial charge in [0.05, 0.1) is 20.6 Å². The number of carbonyl (C=O) groups is 1. The highest BCUT2D eigenvalue weighted by atomic mass is 16.6. The standard InChI is InChI=1S/C21H25NO4/c1-24-18-12-16(13-19(15-18)25-2)14-20(23)26-21(8-10-22-11-9-21)17-6-4-3-5-7-17/h3-7,12-13,15,22H,8-11,14H2,1-2H3. The average molecular weight is 355 g/mol. The Kier molecular flexibility index (Phi) is 5.78. The summed E-state index contributed by atoms with van der Waals surface area (Å²) in [5, 5.41) is 3.34. The second-order valence-corrected chi connectivity index (χ2v) is 6.48. The zero-order chi connectivity index (χ0) is 18.4. The number of nitrogens with one attached hydrogen (secondary N) is 1. The maximum Gasteiger partial charge on any atom is 0.311 e. The van der Waals surface area contributed by atoms with Crippen LogP contribution in [-0.2, 0) is 21.6 Å². The normalized spacial score (nSPS) is 15.9. The van der Waals surface area contributed by atoms with E-state index in [1.54, 1.807) is 20.3 Å². The van der Waals surface area contributed by atoms with E-state index < -0.39 is 5.60 Å². The van der Waals surface area contributed by atoms with Gasteiger partial charge >= 0.3 is 5.97 Å². The van der Waals surface area contributed by atoms with Crippen LogP contribution in [0.5, 0.6) is 11.5 Å². The highest BCUT2D eigenvalue weighted by Crippen LogP contribution is 2.35. The summed E-state index contributed by atoms with van der Waals surface area (Å²) in [5.41, 5.74) is 1.30. The third-order valence-electron chi connectivity index (χ3n) is 4.78. The molecule has 0 aliphatic carbocycles. The van der Waals surface area contributed by atoms with Crippen LogP contribution in [0.2, 0.25) is 0 Å². The number of piperidine rings is 1. The number of esters is 1. The molecule has 5 nitrogen and oxygen atoms in total. The minimum atomic E-state index is -0.563. The quantitative estimate of drug-likeness (QED) is 0.807. The lowest BCUT2D eigenvalue weighted by Crippen LogP contribution is -2.43. The van der Waals surface area contributed by atoms with Gasteiger partial charge in [-0.1, -0.05) is 30.3 Å². The third-order valence-corrected chi connectivity index (χ3v) is 4.78. The van der Waals surface area contributed by atoms with Crippen molar-refractivity contribution in [3.63, 3.8) is 0 Å². The van der Waals surface area contributed by atoms with Crippen LogP contribution in [0.1, 0.15) is 24.0 Å². The van der Waals surface area contributed by atoms with Crippen molar-refractivity contribution in [1.29, 1.82) is 0 Å². The van der Waals surface area contributed by atoms with Gasteiger partial charge < -0.3 is 19.5 Å². The first-order valence-electron chi connectivity index (χ1n) is 8.85. The smallest absolute Gasteiger partial charge is 0.311 e. The Morgan fingerprint density at radius 1 is 1.00 bits per heavy atom. The van der Waals surface area contributed by atoms with Gasteiger partial charge in [-0.25, -0.2) is 0 Å². The molecule has 1 N–H and O–H groups in total. The fourth-order valence-corrected chi connectivity index (χ4v) is 3.41. The molecule has 0 unspecified atom stereocenters. The van der Waals surface area contributed by atoms with Gasteiger partial charge in [0.1, 0.15) is 17.1 Å². The summed E-state index contributed by atoms with van der Waals surface area (Å²) in [6.07, 6.45) is 1.71. The molecule has 0 radical (unpaired) electrons. The maximum absolute atomic E-state index is 12.7. The molecule has 0 spiro atoms. The van der Waals surface area contributed by atoms with Crippen molar-refractivity contribution in [3.05, 3.63) is 59.7 Å². The first-order chi connectivity index (χ1) is 12.6. The van der Waals surface area contributed by atoms with E-state index in [-0.39, 0.29) is 12.4 Å². The van der Waals surface area contributed by atoms with Crippen molar-refractivity contribution in [2.24, 2.45) is 0 Å². The van der Waals surface area contributed by atoms with Crippen LogP contribution >= 0.6 is 0 Å². The summed E-state index contributed by atoms with van der Waals surface area (Å²) in [7, 11) is 3.19. The van der Waals surface area contributed by atoms with Crippen LogP contribution in [0, 0.1) is 0 Å². The summed E-state index contributed by atoms with van der Waals surface area (Å²) in [4.78, 5) is 12.7. The fourth-order valence-electron chi connectivity index (χ4n) is 3.41. The lowest BCUT2D eigenvalue weighted by Gasteiger charge is -2.37. The minimum Gasteiger partial charge on any atom is -0.497 e. The largest absolute Gasteiger partial charge is 0.497 e. The predicted molar refractivity (Wildman–Crippen MR) is 99.6 cm³/mol. The van der Waals surface area contributed by atoms with Gasteiger partial charge in [0.25, 0.3) is 0 Å². The van der Waals surface area contributed by atoms with Gasteiger partial charge in [0, 0.05) is 18.9 Å². The molecule has 26 heavy (non-hydrogen) atoms. The molecule has 2 aromatic carbocycles. The molecule has 5 heteroatoms. The highest BCUT2D eigenvalue weighted by molar-refractivity contribution is 5.73. The molecule has 0 aromatic heterocycles. The van der Waals surface area contributed by atoms with E-state index in [9.17, 15) is 4.79 Å². The Hall–Kier alpha value is -2.53. The molecule has 0 atom stereocenters. The zero-order valence-electron chi connectivity index (χ0n) is 15.3. The van der Waals surface area contributed by atoms with E-state index in [1.807, 2.05) is 42.5 Å². The van der Waals surface area contributed by atoms with Crippen LogP contribution in [0.3, 0.4) is 0 Å². The number of benzene rings is 2. The van der Waals surface area contributed by atoms with Crippen molar-refractivity contribution in [1.82, 2.24) is 5.32 Å². The summed E-state index contributed by atoms with van der Waals surface area (Å²) >= 11 is 0. The number of rotatable bonds is 6. The summed E-state index contributed by atoms with van der Waals surface area (Å²) in [6.45, 7) is 1.66. The average Bonchev–Trinajstić information content (AvgIpc) is 2.68. The molecule has 2 aromatic rings. The molecule has 0 bridgehead atoms. The Morgan fingerprint density at radius 2 is 1.62 bits per heavy atom. The first-order valence-corrected chi connectivity index (χ1v) is 8.85. The lowest BCUT2D eigenvalue weighted by molar-refractivity contribution is -0.163. The maximum atomic E-state index is 12.7. The van der Waals surface area contributed by atoms with Gasteiger partial charge in [-0.2, -0.15) is 0 Å². The molecule has 1 saturated heterocycles. The minimum absolute atomic E-state index is 0.176. The molecule has 3 rings (SSSR count). The number of hydrogen-bond donors (Lipinski definition) is 1. The van der Waals surface area contributed by atoms with Gasteiger partial charge in [0.2, 0.25) is 0 Å². The molecule has 0 amide bonds. The number of carbonyl (C=O) groups excluding carboxylic acids is 1. The first kappa shape index (κ1) is 18.3. The highest BCUT2D eigenvalue weighted by Gasteiger charge is 2.37. The van der Waals surface area contributed by atoms with Gasteiger partial charge in [0.15, 0.2) is 0 Å². The van der Waals surface area contributed by atoms with Gasteiger partial charge in [-0.05, 0) is 36.3 Å². The second-order valence-electron chi connectivity index (χ2n) is 6.48. The molecule has 1 aliphatic rings. The van der Waals surface area contributed by atoms with E-state index in [0.717, 1.165) is 37.1 Å². The fraction of sp³-hybridized carbons (Fsp3) is 0.381. The number of hydrogen-bond acceptors (Lipinski definition) is 5. The van der Waals surface area contributed by atoms with Crippen molar-refractivity contribution in [3.8, 4) is 11.5 Å². The topological polar surface area (TPSA) is 56.8 Å². The van der Waals surface area contributed by atoms with Crippen LogP contribution in [0.4, 0.5) is 0 Å². The van der Waals surface area contributed by atoms with E-state index in [4.69, 9.17) is 14.2 Å². The zero-order valence-corrected chi connectivity index (χ0v) is 15.3. The SMILES string of the molecule is COc1cc(CC(=O)OC2(c3ccccc3)CCNCC2)cc(OC)c1. The Bertz CT molecular complexity index is 717. The molecule has 1 heterocycles. The molecule has 1 fully saturated rings. The lowest BCUT2D eigenvalue weighted by atomic mass is 9.84. The third kappa shape index (κ3) is 4.17. The van der Waals surface area contributed by atoms with E-state index in [2.05, 4.69) is 5.32 Å². The molecule has 138 valence electrons. The van der Waals surface area contributed by atoms with Crippen LogP contribution in [0.15, 0.2) is 48.5 Å². The molecular formula is C21H25NO4.